The van der Waals surface area contributed by atoms with Crippen LogP contribution in [-0.2, 0) is 4.79 Å². The number of carboxylic acids is 1. The lowest BCUT2D eigenvalue weighted by atomic mass is 10.0. The van der Waals surface area contributed by atoms with Crippen LogP contribution in [0.1, 0.15) is 24.2 Å². The largest absolute Gasteiger partial charge is 0.497 e. The number of amides is 1. The maximum Gasteiger partial charge on any atom is 0.326 e. The minimum atomic E-state index is -1.08. The molecule has 0 spiro atoms. The van der Waals surface area contributed by atoms with Crippen molar-refractivity contribution in [3.8, 4) is 5.75 Å². The number of nitrogens with one attached hydrogen (secondary N) is 1. The summed E-state index contributed by atoms with van der Waals surface area (Å²) in [6, 6.07) is 3.68. The molecule has 0 aliphatic carbocycles. The van der Waals surface area contributed by atoms with Gasteiger partial charge in [0.05, 0.1) is 12.7 Å². The highest BCUT2D eigenvalue weighted by Crippen LogP contribution is 2.19. The van der Waals surface area contributed by atoms with E-state index >= 15 is 0 Å². The molecule has 104 valence electrons. The Morgan fingerprint density at radius 1 is 1.37 bits per heavy atom. The van der Waals surface area contributed by atoms with E-state index in [0.29, 0.717) is 5.75 Å². The first-order chi connectivity index (χ1) is 8.86. The summed E-state index contributed by atoms with van der Waals surface area (Å²) in [5.41, 5.74) is 6.18. The number of hydrogen-bond acceptors (Lipinski definition) is 4. The topological polar surface area (TPSA) is 102 Å². The average Bonchev–Trinajstić information content (AvgIpc) is 2.35. The molecule has 6 heteroatoms. The summed E-state index contributed by atoms with van der Waals surface area (Å²) in [5.74, 6) is -1.36. The van der Waals surface area contributed by atoms with Gasteiger partial charge in [-0.25, -0.2) is 4.79 Å². The molecule has 0 aliphatic heterocycles. The first-order valence-corrected chi connectivity index (χ1v) is 5.84. The molecule has 0 aromatic heterocycles. The van der Waals surface area contributed by atoms with Crippen molar-refractivity contribution in [1.82, 2.24) is 5.32 Å². The fraction of sp³-hybridized carbons (Fsp3) is 0.385. The summed E-state index contributed by atoms with van der Waals surface area (Å²) in [5, 5.41) is 11.5. The number of carboxylic acid groups (broad SMARTS) is 1. The zero-order valence-corrected chi connectivity index (χ0v) is 11.1. The Labute approximate surface area is 111 Å². The SMILES string of the molecule is COc1ccc(N)c(C(=O)N[C@H](C(=O)O)C(C)C)c1. The van der Waals surface area contributed by atoms with Crippen molar-refractivity contribution in [2.45, 2.75) is 19.9 Å². The van der Waals surface area contributed by atoms with Crippen LogP contribution in [0.2, 0.25) is 0 Å². The Morgan fingerprint density at radius 2 is 2.00 bits per heavy atom. The summed E-state index contributed by atoms with van der Waals surface area (Å²) in [6.07, 6.45) is 0. The highest BCUT2D eigenvalue weighted by molar-refractivity contribution is 6.01. The van der Waals surface area contributed by atoms with Crippen LogP contribution >= 0.6 is 0 Å². The zero-order valence-electron chi connectivity index (χ0n) is 11.1. The molecule has 0 heterocycles. The molecule has 0 radical (unpaired) electrons. The third kappa shape index (κ3) is 3.61. The van der Waals surface area contributed by atoms with Gasteiger partial charge in [0.25, 0.3) is 5.91 Å². The number of carbonyl (C=O) groups is 2. The van der Waals surface area contributed by atoms with E-state index < -0.39 is 17.9 Å². The highest BCUT2D eigenvalue weighted by Gasteiger charge is 2.24. The van der Waals surface area contributed by atoms with Crippen LogP contribution in [0.15, 0.2) is 18.2 Å². The quantitative estimate of drug-likeness (QED) is 0.693. The second-order valence-electron chi connectivity index (χ2n) is 4.49. The summed E-state index contributed by atoms with van der Waals surface area (Å²) in [6.45, 7) is 3.43. The number of carbonyl (C=O) groups excluding carboxylic acids is 1. The Morgan fingerprint density at radius 3 is 2.47 bits per heavy atom. The number of hydrogen-bond donors (Lipinski definition) is 3. The maximum absolute atomic E-state index is 12.0. The molecule has 1 aromatic carbocycles. The molecule has 0 bridgehead atoms. The Bertz CT molecular complexity index is 486. The molecular weight excluding hydrogens is 248 g/mol. The summed E-state index contributed by atoms with van der Waals surface area (Å²) in [7, 11) is 1.47. The third-order valence-corrected chi connectivity index (χ3v) is 2.72. The number of methoxy groups -OCH3 is 1. The second kappa shape index (κ2) is 6.08. The summed E-state index contributed by atoms with van der Waals surface area (Å²) in [4.78, 5) is 23.1. The predicted octanol–water partition coefficient (Wildman–Crippen LogP) is 1.12. The van der Waals surface area contributed by atoms with Crippen LogP contribution in [-0.4, -0.2) is 30.1 Å². The van der Waals surface area contributed by atoms with Crippen LogP contribution in [0.4, 0.5) is 5.69 Å². The van der Waals surface area contributed by atoms with Crippen LogP contribution in [0.25, 0.3) is 0 Å². The van der Waals surface area contributed by atoms with Gasteiger partial charge in [0, 0.05) is 5.69 Å². The van der Waals surface area contributed by atoms with E-state index in [2.05, 4.69) is 5.32 Å². The fourth-order valence-electron chi connectivity index (χ4n) is 1.59. The lowest BCUT2D eigenvalue weighted by Gasteiger charge is -2.18. The van der Waals surface area contributed by atoms with E-state index in [1.54, 1.807) is 26.0 Å². The van der Waals surface area contributed by atoms with Gasteiger partial charge in [-0.05, 0) is 24.1 Å². The molecule has 19 heavy (non-hydrogen) atoms. The average molecular weight is 266 g/mol. The zero-order chi connectivity index (χ0) is 14.6. The second-order valence-corrected chi connectivity index (χ2v) is 4.49. The van der Waals surface area contributed by atoms with Crippen molar-refractivity contribution in [3.05, 3.63) is 23.8 Å². The van der Waals surface area contributed by atoms with E-state index in [9.17, 15) is 9.59 Å². The number of aliphatic carboxylic acids is 1. The van der Waals surface area contributed by atoms with Crippen molar-refractivity contribution in [2.24, 2.45) is 5.92 Å². The standard InChI is InChI=1S/C13H18N2O4/c1-7(2)11(13(17)18)15-12(16)9-6-8(19-3)4-5-10(9)14/h4-7,11H,14H2,1-3H3,(H,15,16)(H,17,18)/t11-/m0/s1. The molecule has 0 unspecified atom stereocenters. The fourth-order valence-corrected chi connectivity index (χ4v) is 1.59. The molecule has 0 saturated carbocycles. The molecular formula is C13H18N2O4. The minimum Gasteiger partial charge on any atom is -0.497 e. The third-order valence-electron chi connectivity index (χ3n) is 2.72. The smallest absolute Gasteiger partial charge is 0.326 e. The lowest BCUT2D eigenvalue weighted by molar-refractivity contribution is -0.140. The molecule has 0 fully saturated rings. The molecule has 0 aliphatic rings. The van der Waals surface area contributed by atoms with E-state index in [-0.39, 0.29) is 17.2 Å². The number of rotatable bonds is 5. The number of nitrogens with two attached hydrogens (primary N) is 1. The van der Waals surface area contributed by atoms with Crippen molar-refractivity contribution in [2.75, 3.05) is 12.8 Å². The van der Waals surface area contributed by atoms with Crippen molar-refractivity contribution >= 4 is 17.6 Å². The molecule has 1 rings (SSSR count). The maximum atomic E-state index is 12.0. The van der Waals surface area contributed by atoms with Gasteiger partial charge in [0.2, 0.25) is 0 Å². The van der Waals surface area contributed by atoms with Gasteiger partial charge in [-0.2, -0.15) is 0 Å². The van der Waals surface area contributed by atoms with Crippen LogP contribution in [0, 0.1) is 5.92 Å². The summed E-state index contributed by atoms with van der Waals surface area (Å²) < 4.78 is 5.01. The van der Waals surface area contributed by atoms with Gasteiger partial charge in [-0.1, -0.05) is 13.8 Å². The van der Waals surface area contributed by atoms with Gasteiger partial charge in [-0.15, -0.1) is 0 Å². The van der Waals surface area contributed by atoms with Gasteiger partial charge in [-0.3, -0.25) is 4.79 Å². The van der Waals surface area contributed by atoms with Crippen LogP contribution < -0.4 is 15.8 Å². The molecule has 6 nitrogen and oxygen atoms in total. The van der Waals surface area contributed by atoms with Gasteiger partial charge in [0.15, 0.2) is 0 Å². The lowest BCUT2D eigenvalue weighted by Crippen LogP contribution is -2.44. The first-order valence-electron chi connectivity index (χ1n) is 5.84. The van der Waals surface area contributed by atoms with E-state index in [4.69, 9.17) is 15.6 Å². The van der Waals surface area contributed by atoms with Crippen molar-refractivity contribution in [3.63, 3.8) is 0 Å². The summed E-state index contributed by atoms with van der Waals surface area (Å²) >= 11 is 0. The normalized spacial score (nSPS) is 12.0. The predicted molar refractivity (Wildman–Crippen MR) is 71.1 cm³/mol. The molecule has 1 amide bonds. The highest BCUT2D eigenvalue weighted by atomic mass is 16.5. The van der Waals surface area contributed by atoms with E-state index in [1.165, 1.54) is 13.2 Å². The molecule has 1 aromatic rings. The molecule has 1 atom stereocenters. The minimum absolute atomic E-state index is 0.200. The van der Waals surface area contributed by atoms with E-state index in [1.807, 2.05) is 0 Å². The number of benzene rings is 1. The number of ether oxygens (including phenoxy) is 1. The van der Waals surface area contributed by atoms with Crippen molar-refractivity contribution in [1.29, 1.82) is 0 Å². The Balaban J connectivity index is 2.97. The number of anilines is 1. The molecule has 0 saturated heterocycles. The number of nitrogen functional groups attached to an aromatic ring is 1. The first kappa shape index (κ1) is 14.8. The van der Waals surface area contributed by atoms with Gasteiger partial charge in [0.1, 0.15) is 11.8 Å². The Kier molecular flexibility index (Phi) is 4.74. The monoisotopic (exact) mass is 266 g/mol. The van der Waals surface area contributed by atoms with Crippen LogP contribution in [0.3, 0.4) is 0 Å². The molecule has 4 N–H and O–H groups in total. The van der Waals surface area contributed by atoms with Gasteiger partial charge >= 0.3 is 5.97 Å². The Hall–Kier alpha value is -2.24. The van der Waals surface area contributed by atoms with E-state index in [0.717, 1.165) is 0 Å². The van der Waals surface area contributed by atoms with Gasteiger partial charge < -0.3 is 20.9 Å². The van der Waals surface area contributed by atoms with Crippen LogP contribution in [0.5, 0.6) is 5.75 Å². The van der Waals surface area contributed by atoms with Crippen molar-refractivity contribution < 1.29 is 19.4 Å².